The highest BCUT2D eigenvalue weighted by molar-refractivity contribution is 5.85. The van der Waals surface area contributed by atoms with Crippen molar-refractivity contribution in [3.8, 4) is 0 Å². The number of nitrogens with zero attached hydrogens (tertiary/aromatic N) is 1. The Morgan fingerprint density at radius 3 is 3.22 bits per heavy atom. The van der Waals surface area contributed by atoms with Crippen LogP contribution in [0.1, 0.15) is 13.3 Å². The Morgan fingerprint density at radius 1 is 1.78 bits per heavy atom. The molecule has 0 spiro atoms. The zero-order chi connectivity index (χ0) is 6.43. The number of allylic oxidation sites excluding steroid dienone is 1. The third kappa shape index (κ3) is 0.590. The first-order chi connectivity index (χ1) is 4.29. The molecular weight excluding hydrogens is 112 g/mol. The van der Waals surface area contributed by atoms with Crippen molar-refractivity contribution >= 4 is 5.84 Å². The minimum Gasteiger partial charge on any atom is -0.387 e. The van der Waals surface area contributed by atoms with Gasteiger partial charge in [0.05, 0.1) is 0 Å². The van der Waals surface area contributed by atoms with E-state index in [1.54, 1.807) is 0 Å². The average Bonchev–Trinajstić information content (AvgIpc) is 2.58. The van der Waals surface area contributed by atoms with E-state index in [2.05, 4.69) is 11.9 Å². The van der Waals surface area contributed by atoms with E-state index in [1.807, 2.05) is 6.20 Å². The predicted molar refractivity (Wildman–Crippen MR) is 37.0 cm³/mol. The van der Waals surface area contributed by atoms with Crippen LogP contribution in [0.4, 0.5) is 0 Å². The average molecular weight is 122 g/mol. The fourth-order valence-electron chi connectivity index (χ4n) is 1.32. The van der Waals surface area contributed by atoms with Gasteiger partial charge in [-0.2, -0.15) is 0 Å². The van der Waals surface area contributed by atoms with Gasteiger partial charge in [-0.1, -0.05) is 6.92 Å². The molecule has 1 aliphatic carbocycles. The minimum atomic E-state index is 0.505. The van der Waals surface area contributed by atoms with Crippen molar-refractivity contribution in [2.45, 2.75) is 13.3 Å². The Kier molecular flexibility index (Phi) is 0.770. The van der Waals surface area contributed by atoms with Crippen LogP contribution in [0, 0.1) is 11.8 Å². The lowest BCUT2D eigenvalue weighted by atomic mass is 10.0. The van der Waals surface area contributed by atoms with Crippen molar-refractivity contribution in [3.63, 3.8) is 0 Å². The fraction of sp³-hybridized carbons (Fsp3) is 0.571. The lowest BCUT2D eigenvalue weighted by Crippen LogP contribution is -2.23. The van der Waals surface area contributed by atoms with Crippen molar-refractivity contribution < 1.29 is 0 Å². The molecule has 0 aromatic carbocycles. The van der Waals surface area contributed by atoms with Crippen LogP contribution in [-0.4, -0.2) is 5.84 Å². The molecule has 2 nitrogen and oxygen atoms in total. The Balaban J connectivity index is 2.30. The van der Waals surface area contributed by atoms with Gasteiger partial charge < -0.3 is 5.73 Å². The number of aliphatic imine (C=N–C) groups is 1. The largest absolute Gasteiger partial charge is 0.387 e. The molecular formula is C7H10N2. The van der Waals surface area contributed by atoms with Gasteiger partial charge in [0.2, 0.25) is 0 Å². The zero-order valence-electron chi connectivity index (χ0n) is 5.46. The van der Waals surface area contributed by atoms with E-state index >= 15 is 0 Å². The van der Waals surface area contributed by atoms with E-state index in [9.17, 15) is 0 Å². The number of hydrogen-bond donors (Lipinski definition) is 1. The number of nitrogens with two attached hydrogens (primary N) is 1. The standard InChI is InChI=1S/C7H10N2/c1-4-6-2-5(6)3-9-7(4)8/h3-4,6H,2H2,1H3,(H2,8,9). The molecule has 1 heterocycles. The molecule has 0 aromatic heterocycles. The molecule has 1 aliphatic heterocycles. The van der Waals surface area contributed by atoms with Crippen LogP contribution >= 0.6 is 0 Å². The maximum absolute atomic E-state index is 5.60. The SMILES string of the molecule is CC1C(N)=NC=C2CC21. The molecule has 0 amide bonds. The summed E-state index contributed by atoms with van der Waals surface area (Å²) in [6, 6.07) is 0. The Hall–Kier alpha value is -0.790. The molecule has 2 aliphatic rings. The fourth-order valence-corrected chi connectivity index (χ4v) is 1.32. The Bertz CT molecular complexity index is 203. The first kappa shape index (κ1) is 5.03. The van der Waals surface area contributed by atoms with Crippen LogP contribution in [-0.2, 0) is 0 Å². The van der Waals surface area contributed by atoms with Gasteiger partial charge in [0.1, 0.15) is 5.84 Å². The Labute approximate surface area is 54.5 Å². The molecule has 0 bridgehead atoms. The maximum atomic E-state index is 5.60. The molecule has 48 valence electrons. The van der Waals surface area contributed by atoms with Crippen molar-refractivity contribution in [1.29, 1.82) is 0 Å². The van der Waals surface area contributed by atoms with Crippen molar-refractivity contribution in [3.05, 3.63) is 11.8 Å². The van der Waals surface area contributed by atoms with Crippen LogP contribution < -0.4 is 5.73 Å². The Morgan fingerprint density at radius 2 is 2.56 bits per heavy atom. The van der Waals surface area contributed by atoms with E-state index in [0.29, 0.717) is 5.92 Å². The lowest BCUT2D eigenvalue weighted by Gasteiger charge is -2.09. The summed E-state index contributed by atoms with van der Waals surface area (Å²) in [5.41, 5.74) is 7.08. The van der Waals surface area contributed by atoms with E-state index in [-0.39, 0.29) is 0 Å². The quantitative estimate of drug-likeness (QED) is 0.509. The van der Waals surface area contributed by atoms with Gasteiger partial charge in [0.25, 0.3) is 0 Å². The van der Waals surface area contributed by atoms with Crippen molar-refractivity contribution in [1.82, 2.24) is 0 Å². The second-order valence-electron chi connectivity index (χ2n) is 2.86. The molecule has 0 aromatic rings. The predicted octanol–water partition coefficient (Wildman–Crippen LogP) is 0.897. The molecule has 1 saturated carbocycles. The van der Waals surface area contributed by atoms with Gasteiger partial charge in [0.15, 0.2) is 0 Å². The molecule has 9 heavy (non-hydrogen) atoms. The number of hydrogen-bond acceptors (Lipinski definition) is 2. The molecule has 2 N–H and O–H groups in total. The summed E-state index contributed by atoms with van der Waals surface area (Å²) in [4.78, 5) is 4.07. The van der Waals surface area contributed by atoms with Gasteiger partial charge in [-0.05, 0) is 17.9 Å². The van der Waals surface area contributed by atoms with Gasteiger partial charge in [-0.15, -0.1) is 0 Å². The normalized spacial score (nSPS) is 38.8. The van der Waals surface area contributed by atoms with Gasteiger partial charge in [0, 0.05) is 12.1 Å². The summed E-state index contributed by atoms with van der Waals surface area (Å²) in [7, 11) is 0. The molecule has 2 rings (SSSR count). The summed E-state index contributed by atoms with van der Waals surface area (Å²) in [6.45, 7) is 2.14. The summed E-state index contributed by atoms with van der Waals surface area (Å²) in [6.07, 6.45) is 3.14. The molecule has 2 heteroatoms. The number of amidine groups is 1. The lowest BCUT2D eigenvalue weighted by molar-refractivity contribution is 0.675. The first-order valence-corrected chi connectivity index (χ1v) is 3.31. The van der Waals surface area contributed by atoms with Gasteiger partial charge >= 0.3 is 0 Å². The van der Waals surface area contributed by atoms with E-state index in [0.717, 1.165) is 11.8 Å². The van der Waals surface area contributed by atoms with Gasteiger partial charge in [-0.3, -0.25) is 0 Å². The molecule has 2 unspecified atom stereocenters. The number of fused-ring (bicyclic) bond motifs is 1. The highest BCUT2D eigenvalue weighted by atomic mass is 14.9. The molecule has 0 saturated heterocycles. The summed E-state index contributed by atoms with van der Waals surface area (Å²) < 4.78 is 0. The van der Waals surface area contributed by atoms with E-state index in [1.165, 1.54) is 12.0 Å². The highest BCUT2D eigenvalue weighted by Gasteiger charge is 2.38. The smallest absolute Gasteiger partial charge is 0.102 e. The topological polar surface area (TPSA) is 38.4 Å². The summed E-state index contributed by atoms with van der Waals surface area (Å²) in [5.74, 6) is 2.06. The third-order valence-electron chi connectivity index (χ3n) is 2.22. The van der Waals surface area contributed by atoms with Crippen LogP contribution in [0.25, 0.3) is 0 Å². The van der Waals surface area contributed by atoms with E-state index < -0.39 is 0 Å². The molecule has 2 atom stereocenters. The molecule has 0 radical (unpaired) electrons. The summed E-state index contributed by atoms with van der Waals surface area (Å²) in [5, 5.41) is 0. The zero-order valence-corrected chi connectivity index (χ0v) is 5.46. The van der Waals surface area contributed by atoms with Crippen molar-refractivity contribution in [2.24, 2.45) is 22.6 Å². The second kappa shape index (κ2) is 1.38. The first-order valence-electron chi connectivity index (χ1n) is 3.31. The molecule has 1 fully saturated rings. The van der Waals surface area contributed by atoms with Crippen LogP contribution in [0.3, 0.4) is 0 Å². The van der Waals surface area contributed by atoms with E-state index in [4.69, 9.17) is 5.73 Å². The van der Waals surface area contributed by atoms with Crippen LogP contribution in [0.5, 0.6) is 0 Å². The van der Waals surface area contributed by atoms with Gasteiger partial charge in [-0.25, -0.2) is 4.99 Å². The minimum absolute atomic E-state index is 0.505. The second-order valence-corrected chi connectivity index (χ2v) is 2.86. The third-order valence-corrected chi connectivity index (χ3v) is 2.22. The highest BCUT2D eigenvalue weighted by Crippen LogP contribution is 2.45. The summed E-state index contributed by atoms with van der Waals surface area (Å²) >= 11 is 0. The van der Waals surface area contributed by atoms with Crippen molar-refractivity contribution in [2.75, 3.05) is 0 Å². The number of rotatable bonds is 0. The maximum Gasteiger partial charge on any atom is 0.102 e. The monoisotopic (exact) mass is 122 g/mol. The van der Waals surface area contributed by atoms with Crippen LogP contribution in [0.2, 0.25) is 0 Å². The van der Waals surface area contributed by atoms with Crippen LogP contribution in [0.15, 0.2) is 16.8 Å².